The number of amides is 1. The Balaban J connectivity index is 1.31. The van der Waals surface area contributed by atoms with Gasteiger partial charge in [-0.05, 0) is 55.9 Å². The number of aryl methyl sites for hydroxylation is 2. The van der Waals surface area contributed by atoms with E-state index >= 15 is 0 Å². The van der Waals surface area contributed by atoms with Crippen LogP contribution >= 0.6 is 0 Å². The highest BCUT2D eigenvalue weighted by Gasteiger charge is 2.39. The fraction of sp³-hybridized carbons (Fsp3) is 0.750. The molecule has 1 heterocycles. The molecule has 1 aromatic heterocycles. The smallest absolute Gasteiger partial charge is 0.220 e. The van der Waals surface area contributed by atoms with E-state index in [1.807, 2.05) is 24.0 Å². The molecule has 0 aromatic carbocycles. The predicted molar refractivity (Wildman–Crippen MR) is 78.1 cm³/mol. The summed E-state index contributed by atoms with van der Waals surface area (Å²) in [6, 6.07) is 0. The van der Waals surface area contributed by atoms with Crippen LogP contribution in [0, 0.1) is 24.7 Å². The first-order valence-corrected chi connectivity index (χ1v) is 7.96. The molecule has 4 heteroatoms. The second-order valence-corrected chi connectivity index (χ2v) is 6.62. The average Bonchev–Trinajstić information content (AvgIpc) is 3.11. The van der Waals surface area contributed by atoms with E-state index in [0.717, 1.165) is 37.8 Å². The quantitative estimate of drug-likeness (QED) is 0.811. The van der Waals surface area contributed by atoms with Crippen LogP contribution < -0.4 is 5.32 Å². The van der Waals surface area contributed by atoms with Crippen LogP contribution in [0.25, 0.3) is 0 Å². The Hall–Kier alpha value is -1.32. The minimum absolute atomic E-state index is 0.249. The lowest BCUT2D eigenvalue weighted by molar-refractivity contribution is -0.122. The van der Waals surface area contributed by atoms with E-state index in [4.69, 9.17) is 0 Å². The lowest BCUT2D eigenvalue weighted by atomic mass is 9.86. The van der Waals surface area contributed by atoms with Crippen LogP contribution in [0.3, 0.4) is 0 Å². The molecule has 110 valence electrons. The van der Waals surface area contributed by atoms with E-state index in [2.05, 4.69) is 10.4 Å². The Morgan fingerprint density at radius 1 is 1.45 bits per heavy atom. The largest absolute Gasteiger partial charge is 0.356 e. The van der Waals surface area contributed by atoms with Gasteiger partial charge < -0.3 is 5.32 Å². The predicted octanol–water partition coefficient (Wildman–Crippen LogP) is 2.52. The van der Waals surface area contributed by atoms with E-state index in [9.17, 15) is 4.79 Å². The molecule has 2 saturated carbocycles. The van der Waals surface area contributed by atoms with Gasteiger partial charge >= 0.3 is 0 Å². The Bertz CT molecular complexity index is 468. The van der Waals surface area contributed by atoms with Crippen molar-refractivity contribution in [3.05, 3.63) is 18.0 Å². The summed E-state index contributed by atoms with van der Waals surface area (Å²) in [5.74, 6) is 2.69. The van der Waals surface area contributed by atoms with Gasteiger partial charge in [0.2, 0.25) is 5.91 Å². The van der Waals surface area contributed by atoms with Gasteiger partial charge in [-0.3, -0.25) is 9.48 Å². The zero-order valence-corrected chi connectivity index (χ0v) is 12.3. The number of hydrogen-bond donors (Lipinski definition) is 1. The number of aromatic nitrogens is 2. The minimum Gasteiger partial charge on any atom is -0.356 e. The van der Waals surface area contributed by atoms with Crippen molar-refractivity contribution < 1.29 is 4.79 Å². The summed E-state index contributed by atoms with van der Waals surface area (Å²) in [6.45, 7) is 3.68. The van der Waals surface area contributed by atoms with Gasteiger partial charge in [-0.1, -0.05) is 6.42 Å². The number of rotatable bonds is 6. The number of fused-ring (bicyclic) bond motifs is 2. The third kappa shape index (κ3) is 3.22. The van der Waals surface area contributed by atoms with Crippen LogP contribution in [0.2, 0.25) is 0 Å². The molecule has 0 radical (unpaired) electrons. The molecular formula is C16H25N3O. The van der Waals surface area contributed by atoms with Gasteiger partial charge in [-0.25, -0.2) is 0 Å². The number of carbonyl (C=O) groups excluding carboxylic acids is 1. The minimum atomic E-state index is 0.249. The summed E-state index contributed by atoms with van der Waals surface area (Å²) in [6.07, 6.45) is 11.1. The number of carbonyl (C=O) groups is 1. The molecule has 1 aromatic rings. The first-order valence-electron chi connectivity index (χ1n) is 7.96. The molecule has 3 rings (SSSR count). The second kappa shape index (κ2) is 5.98. The van der Waals surface area contributed by atoms with Crippen LogP contribution in [0.1, 0.15) is 44.1 Å². The van der Waals surface area contributed by atoms with Gasteiger partial charge in [-0.15, -0.1) is 0 Å². The van der Waals surface area contributed by atoms with Crippen molar-refractivity contribution in [1.82, 2.24) is 15.1 Å². The van der Waals surface area contributed by atoms with Gasteiger partial charge in [0.05, 0.1) is 6.20 Å². The number of hydrogen-bond acceptors (Lipinski definition) is 2. The standard InChI is InChI=1S/C16H25N3O/c1-12-10-18-19(11-12)6-2-5-17-16(20)9-15-8-13-3-4-14(15)7-13/h10-11,13-15H,2-9H2,1H3,(H,17,20). The monoisotopic (exact) mass is 275 g/mol. The molecule has 2 aliphatic carbocycles. The molecular weight excluding hydrogens is 250 g/mol. The highest BCUT2D eigenvalue weighted by atomic mass is 16.1. The first-order chi connectivity index (χ1) is 9.70. The van der Waals surface area contributed by atoms with Crippen molar-refractivity contribution in [2.24, 2.45) is 17.8 Å². The van der Waals surface area contributed by atoms with Crippen molar-refractivity contribution in [3.8, 4) is 0 Å². The Morgan fingerprint density at radius 3 is 3.00 bits per heavy atom. The molecule has 3 unspecified atom stereocenters. The van der Waals surface area contributed by atoms with Crippen LogP contribution in [-0.4, -0.2) is 22.2 Å². The summed E-state index contributed by atoms with van der Waals surface area (Å²) in [5, 5.41) is 7.31. The lowest BCUT2D eigenvalue weighted by Crippen LogP contribution is -2.28. The van der Waals surface area contributed by atoms with Crippen molar-refractivity contribution in [2.75, 3.05) is 6.54 Å². The summed E-state index contributed by atoms with van der Waals surface area (Å²) >= 11 is 0. The van der Waals surface area contributed by atoms with E-state index < -0.39 is 0 Å². The number of nitrogens with zero attached hydrogens (tertiary/aromatic N) is 2. The maximum atomic E-state index is 12.0. The molecule has 1 N–H and O–H groups in total. The van der Waals surface area contributed by atoms with Crippen molar-refractivity contribution >= 4 is 5.91 Å². The zero-order chi connectivity index (χ0) is 13.9. The molecule has 0 aliphatic heterocycles. The summed E-state index contributed by atoms with van der Waals surface area (Å²) in [4.78, 5) is 12.0. The van der Waals surface area contributed by atoms with Gasteiger partial charge in [0, 0.05) is 25.7 Å². The summed E-state index contributed by atoms with van der Waals surface area (Å²) in [5.41, 5.74) is 1.19. The van der Waals surface area contributed by atoms with Gasteiger partial charge in [0.1, 0.15) is 0 Å². The molecule has 1 amide bonds. The maximum absolute atomic E-state index is 12.0. The van der Waals surface area contributed by atoms with E-state index in [0.29, 0.717) is 5.92 Å². The Kier molecular flexibility index (Phi) is 4.08. The topological polar surface area (TPSA) is 46.9 Å². The average molecular weight is 275 g/mol. The molecule has 0 spiro atoms. The van der Waals surface area contributed by atoms with Gasteiger partial charge in [-0.2, -0.15) is 5.10 Å². The SMILES string of the molecule is Cc1cnn(CCCNC(=O)CC2CC3CCC2C3)c1. The molecule has 2 fully saturated rings. The molecule has 20 heavy (non-hydrogen) atoms. The molecule has 3 atom stereocenters. The fourth-order valence-electron chi connectivity index (χ4n) is 3.99. The van der Waals surface area contributed by atoms with Crippen LogP contribution in [0.4, 0.5) is 0 Å². The molecule has 4 nitrogen and oxygen atoms in total. The highest BCUT2D eigenvalue weighted by Crippen LogP contribution is 2.49. The summed E-state index contributed by atoms with van der Waals surface area (Å²) in [7, 11) is 0. The second-order valence-electron chi connectivity index (χ2n) is 6.62. The molecule has 2 aliphatic rings. The fourth-order valence-corrected chi connectivity index (χ4v) is 3.99. The van der Waals surface area contributed by atoms with Crippen molar-refractivity contribution in [2.45, 2.75) is 52.0 Å². The van der Waals surface area contributed by atoms with Crippen LogP contribution in [-0.2, 0) is 11.3 Å². The van der Waals surface area contributed by atoms with Crippen LogP contribution in [0.15, 0.2) is 12.4 Å². The summed E-state index contributed by atoms with van der Waals surface area (Å²) < 4.78 is 1.94. The Labute approximate surface area is 120 Å². The van der Waals surface area contributed by atoms with E-state index in [1.165, 1.54) is 31.2 Å². The normalized spacial score (nSPS) is 27.9. The van der Waals surface area contributed by atoms with Gasteiger partial charge in [0.25, 0.3) is 0 Å². The van der Waals surface area contributed by atoms with E-state index in [-0.39, 0.29) is 5.91 Å². The molecule has 2 bridgehead atoms. The van der Waals surface area contributed by atoms with Gasteiger partial charge in [0.15, 0.2) is 0 Å². The van der Waals surface area contributed by atoms with E-state index in [1.54, 1.807) is 0 Å². The zero-order valence-electron chi connectivity index (χ0n) is 12.3. The van der Waals surface area contributed by atoms with Crippen LogP contribution in [0.5, 0.6) is 0 Å². The molecule has 0 saturated heterocycles. The third-order valence-corrected chi connectivity index (χ3v) is 4.98. The highest BCUT2D eigenvalue weighted by molar-refractivity contribution is 5.76. The third-order valence-electron chi connectivity index (χ3n) is 4.98. The first kappa shape index (κ1) is 13.7. The Morgan fingerprint density at radius 2 is 2.35 bits per heavy atom. The van der Waals surface area contributed by atoms with Crippen molar-refractivity contribution in [3.63, 3.8) is 0 Å². The lowest BCUT2D eigenvalue weighted by Gasteiger charge is -2.20. The number of nitrogens with one attached hydrogen (secondary N) is 1. The maximum Gasteiger partial charge on any atom is 0.220 e. The van der Waals surface area contributed by atoms with Crippen molar-refractivity contribution in [1.29, 1.82) is 0 Å².